The van der Waals surface area contributed by atoms with Crippen molar-refractivity contribution in [2.75, 3.05) is 0 Å². The summed E-state index contributed by atoms with van der Waals surface area (Å²) in [6.45, 7) is 4.10. The van der Waals surface area contributed by atoms with Crippen LogP contribution < -0.4 is 11.3 Å². The van der Waals surface area contributed by atoms with E-state index < -0.39 is 0 Å². The van der Waals surface area contributed by atoms with Crippen LogP contribution in [0.2, 0.25) is 0 Å². The maximum absolute atomic E-state index is 11.2. The monoisotopic (exact) mass is 220 g/mol. The van der Waals surface area contributed by atoms with Gasteiger partial charge in [-0.3, -0.25) is 10.2 Å². The zero-order chi connectivity index (χ0) is 9.14. The Labute approximate surface area is 87.7 Å². The molecule has 0 radical (unpaired) electrons. The Morgan fingerprint density at radius 1 is 1.62 bits per heavy atom. The number of carbonyl (C=O) groups is 1. The van der Waals surface area contributed by atoms with Gasteiger partial charge in [0.1, 0.15) is 0 Å². The summed E-state index contributed by atoms with van der Waals surface area (Å²) in [5, 5.41) is 1.90. The minimum absolute atomic E-state index is 0. The van der Waals surface area contributed by atoms with Crippen LogP contribution in [-0.2, 0) is 0 Å². The number of nitrogen functional groups attached to an aromatic ring is 1. The van der Waals surface area contributed by atoms with E-state index in [1.807, 2.05) is 11.4 Å². The third-order valence-electron chi connectivity index (χ3n) is 1.66. The molecule has 0 aliphatic rings. The van der Waals surface area contributed by atoms with Crippen LogP contribution in [0.25, 0.3) is 0 Å². The molecule has 74 valence electrons. The average molecular weight is 221 g/mol. The molecule has 0 aromatic carbocycles. The third-order valence-corrected chi connectivity index (χ3v) is 2.58. The lowest BCUT2D eigenvalue weighted by Crippen LogP contribution is -2.30. The van der Waals surface area contributed by atoms with Crippen LogP contribution in [0.4, 0.5) is 0 Å². The molecule has 0 saturated heterocycles. The molecule has 3 N–H and O–H groups in total. The van der Waals surface area contributed by atoms with Crippen LogP contribution >= 0.6 is 23.7 Å². The Hall–Kier alpha value is -0.580. The molecule has 0 aliphatic carbocycles. The molecular formula is C8H13ClN2OS. The number of thiophene rings is 1. The van der Waals surface area contributed by atoms with Gasteiger partial charge in [-0.2, -0.15) is 0 Å². The number of nitrogens with two attached hydrogens (primary N) is 1. The SMILES string of the molecule is CC(C)c1ccsc1C(=O)NN.Cl. The molecule has 5 heteroatoms. The quantitative estimate of drug-likeness (QED) is 0.455. The molecular weight excluding hydrogens is 208 g/mol. The van der Waals surface area contributed by atoms with Gasteiger partial charge in [0.05, 0.1) is 4.88 Å². The minimum atomic E-state index is -0.200. The Bertz CT molecular complexity index is 285. The van der Waals surface area contributed by atoms with E-state index in [9.17, 15) is 4.79 Å². The van der Waals surface area contributed by atoms with Gasteiger partial charge in [0.15, 0.2) is 0 Å². The number of hydrogen-bond donors (Lipinski definition) is 2. The van der Waals surface area contributed by atoms with Crippen molar-refractivity contribution >= 4 is 29.7 Å². The molecule has 0 aliphatic heterocycles. The smallest absolute Gasteiger partial charge is 0.275 e. The third kappa shape index (κ3) is 2.69. The molecule has 3 nitrogen and oxygen atoms in total. The lowest BCUT2D eigenvalue weighted by Gasteiger charge is -2.04. The molecule has 0 unspecified atom stereocenters. The van der Waals surface area contributed by atoms with Gasteiger partial charge in [0.2, 0.25) is 0 Å². The van der Waals surface area contributed by atoms with E-state index in [0.717, 1.165) is 5.56 Å². The Morgan fingerprint density at radius 3 is 2.69 bits per heavy atom. The zero-order valence-electron chi connectivity index (χ0n) is 7.53. The predicted octanol–water partition coefficient (Wildman–Crippen LogP) is 1.90. The molecule has 1 amide bonds. The van der Waals surface area contributed by atoms with Gasteiger partial charge in [-0.05, 0) is 22.9 Å². The maximum Gasteiger partial charge on any atom is 0.275 e. The second-order valence-corrected chi connectivity index (χ2v) is 3.75. The Kier molecular flexibility index (Phi) is 4.98. The summed E-state index contributed by atoms with van der Waals surface area (Å²) >= 11 is 1.42. The summed E-state index contributed by atoms with van der Waals surface area (Å²) in [6, 6.07) is 1.96. The number of amides is 1. The van der Waals surface area contributed by atoms with Crippen LogP contribution in [0.1, 0.15) is 35.0 Å². The van der Waals surface area contributed by atoms with Gasteiger partial charge in [-0.15, -0.1) is 23.7 Å². The van der Waals surface area contributed by atoms with Crippen molar-refractivity contribution in [2.45, 2.75) is 19.8 Å². The molecule has 1 rings (SSSR count). The number of nitrogens with one attached hydrogen (secondary N) is 1. The van der Waals surface area contributed by atoms with Gasteiger partial charge in [0, 0.05) is 0 Å². The van der Waals surface area contributed by atoms with E-state index in [-0.39, 0.29) is 18.3 Å². The average Bonchev–Trinajstić information content (AvgIpc) is 2.50. The lowest BCUT2D eigenvalue weighted by molar-refractivity contribution is 0.0956. The standard InChI is InChI=1S/C8H12N2OS.ClH/c1-5(2)6-3-4-12-7(6)8(11)10-9;/h3-5H,9H2,1-2H3,(H,10,11);1H. The Balaban J connectivity index is 0.00000144. The van der Waals surface area contributed by atoms with E-state index in [1.165, 1.54) is 11.3 Å². The highest BCUT2D eigenvalue weighted by molar-refractivity contribution is 7.12. The fourth-order valence-corrected chi connectivity index (χ4v) is 1.98. The fraction of sp³-hybridized carbons (Fsp3) is 0.375. The first-order valence-electron chi connectivity index (χ1n) is 3.75. The van der Waals surface area contributed by atoms with Gasteiger partial charge in [-0.1, -0.05) is 13.8 Å². The van der Waals surface area contributed by atoms with E-state index in [4.69, 9.17) is 5.84 Å². The number of hydrazine groups is 1. The van der Waals surface area contributed by atoms with Crippen LogP contribution in [-0.4, -0.2) is 5.91 Å². The van der Waals surface area contributed by atoms with Gasteiger partial charge < -0.3 is 0 Å². The molecule has 1 aromatic rings. The summed E-state index contributed by atoms with van der Waals surface area (Å²) in [7, 11) is 0. The number of carbonyl (C=O) groups excluding carboxylic acids is 1. The highest BCUT2D eigenvalue weighted by Crippen LogP contribution is 2.23. The highest BCUT2D eigenvalue weighted by atomic mass is 35.5. The van der Waals surface area contributed by atoms with Crippen molar-refractivity contribution < 1.29 is 4.79 Å². The van der Waals surface area contributed by atoms with E-state index in [0.29, 0.717) is 10.8 Å². The van der Waals surface area contributed by atoms with Crippen molar-refractivity contribution in [3.63, 3.8) is 0 Å². The van der Waals surface area contributed by atoms with E-state index >= 15 is 0 Å². The molecule has 0 fully saturated rings. The van der Waals surface area contributed by atoms with Crippen molar-refractivity contribution in [2.24, 2.45) is 5.84 Å². The minimum Gasteiger partial charge on any atom is -0.289 e. The lowest BCUT2D eigenvalue weighted by atomic mass is 10.0. The van der Waals surface area contributed by atoms with Crippen molar-refractivity contribution in [1.29, 1.82) is 0 Å². The van der Waals surface area contributed by atoms with Crippen molar-refractivity contribution in [3.8, 4) is 0 Å². The molecule has 1 aromatic heterocycles. The van der Waals surface area contributed by atoms with Crippen LogP contribution in [0.3, 0.4) is 0 Å². The number of hydrogen-bond acceptors (Lipinski definition) is 3. The fourth-order valence-electron chi connectivity index (χ4n) is 1.02. The topological polar surface area (TPSA) is 55.1 Å². The molecule has 0 saturated carbocycles. The first kappa shape index (κ1) is 12.4. The first-order valence-corrected chi connectivity index (χ1v) is 4.63. The zero-order valence-corrected chi connectivity index (χ0v) is 9.17. The van der Waals surface area contributed by atoms with Crippen LogP contribution in [0, 0.1) is 0 Å². The summed E-state index contributed by atoms with van der Waals surface area (Å²) < 4.78 is 0. The van der Waals surface area contributed by atoms with Crippen molar-refractivity contribution in [3.05, 3.63) is 21.9 Å². The largest absolute Gasteiger partial charge is 0.289 e. The summed E-state index contributed by atoms with van der Waals surface area (Å²) in [4.78, 5) is 11.9. The second-order valence-electron chi connectivity index (χ2n) is 2.83. The van der Waals surface area contributed by atoms with Gasteiger partial charge >= 0.3 is 0 Å². The van der Waals surface area contributed by atoms with Crippen LogP contribution in [0.5, 0.6) is 0 Å². The van der Waals surface area contributed by atoms with Crippen molar-refractivity contribution in [1.82, 2.24) is 5.43 Å². The predicted molar refractivity (Wildman–Crippen MR) is 57.3 cm³/mol. The molecule has 13 heavy (non-hydrogen) atoms. The maximum atomic E-state index is 11.2. The second kappa shape index (κ2) is 5.21. The number of halogens is 1. The van der Waals surface area contributed by atoms with E-state index in [1.54, 1.807) is 0 Å². The molecule has 0 atom stereocenters. The number of rotatable bonds is 2. The highest BCUT2D eigenvalue weighted by Gasteiger charge is 2.13. The van der Waals surface area contributed by atoms with Crippen LogP contribution in [0.15, 0.2) is 11.4 Å². The molecule has 0 spiro atoms. The molecule has 1 heterocycles. The summed E-state index contributed by atoms with van der Waals surface area (Å²) in [6.07, 6.45) is 0. The summed E-state index contributed by atoms with van der Waals surface area (Å²) in [5.41, 5.74) is 3.19. The van der Waals surface area contributed by atoms with Gasteiger partial charge in [0.25, 0.3) is 5.91 Å². The normalized spacial score (nSPS) is 9.54. The van der Waals surface area contributed by atoms with Gasteiger partial charge in [-0.25, -0.2) is 5.84 Å². The summed E-state index contributed by atoms with van der Waals surface area (Å²) in [5.74, 6) is 5.20. The van der Waals surface area contributed by atoms with E-state index in [2.05, 4.69) is 19.3 Å². The first-order chi connectivity index (χ1) is 5.66. The Morgan fingerprint density at radius 2 is 2.23 bits per heavy atom. The molecule has 0 bridgehead atoms.